The van der Waals surface area contributed by atoms with Gasteiger partial charge in [0.05, 0.1) is 0 Å². The normalized spacial score (nSPS) is 10.8. The van der Waals surface area contributed by atoms with Crippen LogP contribution in [0.15, 0.2) is 42.2 Å². The summed E-state index contributed by atoms with van der Waals surface area (Å²) >= 11 is 0. The Balaban J connectivity index is 2.56. The van der Waals surface area contributed by atoms with Crippen LogP contribution in [0.5, 0.6) is 0 Å². The average Bonchev–Trinajstić information content (AvgIpc) is 2.29. The molecule has 0 fully saturated rings. The molecular weight excluding hydrogens is 204 g/mol. The van der Waals surface area contributed by atoms with Gasteiger partial charge >= 0.3 is 6.09 Å². The third-order valence-electron chi connectivity index (χ3n) is 1.95. The number of amidine groups is 1. The van der Waals surface area contributed by atoms with Crippen LogP contribution in [0.3, 0.4) is 0 Å². The fraction of sp³-hybridized carbons (Fsp3) is 0.167. The van der Waals surface area contributed by atoms with Crippen molar-refractivity contribution < 1.29 is 9.53 Å². The molecule has 16 heavy (non-hydrogen) atoms. The van der Waals surface area contributed by atoms with Gasteiger partial charge < -0.3 is 4.74 Å². The molecule has 84 valence electrons. The van der Waals surface area contributed by atoms with Crippen LogP contribution in [-0.2, 0) is 4.74 Å². The third kappa shape index (κ3) is 3.57. The van der Waals surface area contributed by atoms with Crippen LogP contribution in [0, 0.1) is 5.41 Å². The summed E-state index contributed by atoms with van der Waals surface area (Å²) in [5.74, 6) is 0.521. The molecule has 4 nitrogen and oxygen atoms in total. The minimum atomic E-state index is -0.649. The van der Waals surface area contributed by atoms with Crippen LogP contribution in [0.4, 0.5) is 4.79 Å². The van der Waals surface area contributed by atoms with E-state index in [0.29, 0.717) is 11.3 Å². The number of hydrogen-bond acceptors (Lipinski definition) is 3. The monoisotopic (exact) mass is 218 g/mol. The zero-order chi connectivity index (χ0) is 12.0. The van der Waals surface area contributed by atoms with Crippen molar-refractivity contribution in [3.63, 3.8) is 0 Å². The van der Waals surface area contributed by atoms with E-state index in [1.807, 2.05) is 6.07 Å². The van der Waals surface area contributed by atoms with Gasteiger partial charge in [0.1, 0.15) is 11.6 Å². The maximum Gasteiger partial charge on any atom is 0.417 e. The van der Waals surface area contributed by atoms with Gasteiger partial charge in [-0.3, -0.25) is 10.7 Å². The lowest BCUT2D eigenvalue weighted by molar-refractivity contribution is 0.182. The van der Waals surface area contributed by atoms with Crippen LogP contribution < -0.4 is 5.32 Å². The lowest BCUT2D eigenvalue weighted by Crippen LogP contribution is -2.30. The van der Waals surface area contributed by atoms with Crippen LogP contribution in [-0.4, -0.2) is 11.9 Å². The molecule has 0 aliphatic carbocycles. The number of nitrogens with one attached hydrogen (secondary N) is 2. The van der Waals surface area contributed by atoms with Gasteiger partial charge in [-0.05, 0) is 19.9 Å². The minimum Gasteiger partial charge on any atom is -0.415 e. The molecule has 0 aliphatic rings. The smallest absolute Gasteiger partial charge is 0.415 e. The predicted octanol–water partition coefficient (Wildman–Crippen LogP) is 2.66. The van der Waals surface area contributed by atoms with Crippen molar-refractivity contribution in [1.82, 2.24) is 5.32 Å². The Morgan fingerprint density at radius 3 is 2.56 bits per heavy atom. The molecule has 2 N–H and O–H groups in total. The van der Waals surface area contributed by atoms with E-state index < -0.39 is 6.09 Å². The zero-order valence-corrected chi connectivity index (χ0v) is 9.28. The summed E-state index contributed by atoms with van der Waals surface area (Å²) < 4.78 is 4.86. The van der Waals surface area contributed by atoms with E-state index in [9.17, 15) is 4.79 Å². The third-order valence-corrected chi connectivity index (χ3v) is 1.95. The summed E-state index contributed by atoms with van der Waals surface area (Å²) in [6, 6.07) is 8.93. The molecule has 0 spiro atoms. The van der Waals surface area contributed by atoms with E-state index in [0.717, 1.165) is 0 Å². The largest absolute Gasteiger partial charge is 0.417 e. The first-order chi connectivity index (χ1) is 7.63. The maximum atomic E-state index is 11.3. The van der Waals surface area contributed by atoms with Gasteiger partial charge in [0.15, 0.2) is 0 Å². The fourth-order valence-electron chi connectivity index (χ4n) is 1.01. The number of rotatable bonds is 2. The first-order valence-electron chi connectivity index (χ1n) is 4.89. The Morgan fingerprint density at radius 1 is 1.38 bits per heavy atom. The molecule has 1 aromatic rings. The number of hydrogen-bond donors (Lipinski definition) is 2. The molecule has 1 amide bonds. The van der Waals surface area contributed by atoms with Gasteiger partial charge in [-0.2, -0.15) is 0 Å². The topological polar surface area (TPSA) is 62.2 Å². The zero-order valence-electron chi connectivity index (χ0n) is 9.28. The standard InChI is InChI=1S/C12H14N2O2/c1-3-9(2)16-12(15)14-11(13)10-7-5-4-6-8-10/h3-8H,1-2H3,(H2,13,14,15). The predicted molar refractivity (Wildman–Crippen MR) is 62.3 cm³/mol. The van der Waals surface area contributed by atoms with E-state index in [4.69, 9.17) is 10.1 Å². The Kier molecular flexibility index (Phi) is 4.27. The van der Waals surface area contributed by atoms with Crippen LogP contribution in [0.25, 0.3) is 0 Å². The van der Waals surface area contributed by atoms with Crippen molar-refractivity contribution in [3.8, 4) is 0 Å². The Hall–Kier alpha value is -2.10. The van der Waals surface area contributed by atoms with Crippen LogP contribution in [0.1, 0.15) is 19.4 Å². The molecule has 0 aliphatic heterocycles. The van der Waals surface area contributed by atoms with E-state index in [1.54, 1.807) is 44.2 Å². The maximum absolute atomic E-state index is 11.3. The van der Waals surface area contributed by atoms with Gasteiger partial charge in [0, 0.05) is 5.56 Å². The first kappa shape index (κ1) is 12.0. The van der Waals surface area contributed by atoms with Gasteiger partial charge in [0.25, 0.3) is 0 Å². The second-order valence-corrected chi connectivity index (χ2v) is 3.15. The highest BCUT2D eigenvalue weighted by Gasteiger charge is 2.07. The molecule has 1 aromatic carbocycles. The summed E-state index contributed by atoms with van der Waals surface area (Å²) in [6.45, 7) is 3.44. The summed E-state index contributed by atoms with van der Waals surface area (Å²) in [6.07, 6.45) is 1.02. The Morgan fingerprint density at radius 2 is 2.00 bits per heavy atom. The Labute approximate surface area is 94.4 Å². The van der Waals surface area contributed by atoms with Crippen molar-refractivity contribution in [2.45, 2.75) is 13.8 Å². The molecule has 0 unspecified atom stereocenters. The molecular formula is C12H14N2O2. The van der Waals surface area contributed by atoms with E-state index >= 15 is 0 Å². The van der Waals surface area contributed by atoms with Gasteiger partial charge in [-0.15, -0.1) is 0 Å². The van der Waals surface area contributed by atoms with Crippen LogP contribution in [0.2, 0.25) is 0 Å². The fourth-order valence-corrected chi connectivity index (χ4v) is 1.01. The highest BCUT2D eigenvalue weighted by Crippen LogP contribution is 1.99. The molecule has 0 bridgehead atoms. The summed E-state index contributed by atoms with van der Waals surface area (Å²) in [5, 5.41) is 9.97. The molecule has 0 saturated carbocycles. The summed E-state index contributed by atoms with van der Waals surface area (Å²) in [7, 11) is 0. The number of alkyl carbamates (subject to hydrolysis) is 1. The molecule has 0 heterocycles. The lowest BCUT2D eigenvalue weighted by atomic mass is 10.2. The van der Waals surface area contributed by atoms with Crippen molar-refractivity contribution in [2.75, 3.05) is 0 Å². The SMILES string of the molecule is CC=C(C)OC(=O)NC(=N)c1ccccc1. The van der Waals surface area contributed by atoms with E-state index in [1.165, 1.54) is 0 Å². The molecule has 0 radical (unpaired) electrons. The first-order valence-corrected chi connectivity index (χ1v) is 4.89. The van der Waals surface area contributed by atoms with E-state index in [2.05, 4.69) is 5.32 Å². The lowest BCUT2D eigenvalue weighted by Gasteiger charge is -2.07. The molecule has 1 rings (SSSR count). The summed E-state index contributed by atoms with van der Waals surface area (Å²) in [4.78, 5) is 11.3. The molecule has 0 atom stereocenters. The van der Waals surface area contributed by atoms with E-state index in [-0.39, 0.29) is 5.84 Å². The highest BCUT2D eigenvalue weighted by molar-refractivity contribution is 6.04. The average molecular weight is 218 g/mol. The second-order valence-electron chi connectivity index (χ2n) is 3.15. The number of ether oxygens (including phenoxy) is 1. The number of carbonyl (C=O) groups is 1. The minimum absolute atomic E-state index is 0.0227. The number of carbonyl (C=O) groups excluding carboxylic acids is 1. The van der Waals surface area contributed by atoms with Crippen molar-refractivity contribution in [2.24, 2.45) is 0 Å². The van der Waals surface area contributed by atoms with Gasteiger partial charge in [-0.25, -0.2) is 4.79 Å². The summed E-state index contributed by atoms with van der Waals surface area (Å²) in [5.41, 5.74) is 0.637. The quantitative estimate of drug-likeness (QED) is 0.455. The van der Waals surface area contributed by atoms with Crippen LogP contribution >= 0.6 is 0 Å². The second kappa shape index (κ2) is 5.70. The van der Waals surface area contributed by atoms with Gasteiger partial charge in [-0.1, -0.05) is 30.3 Å². The number of amides is 1. The van der Waals surface area contributed by atoms with Crippen molar-refractivity contribution in [3.05, 3.63) is 47.7 Å². The van der Waals surface area contributed by atoms with Gasteiger partial charge in [0.2, 0.25) is 0 Å². The highest BCUT2D eigenvalue weighted by atomic mass is 16.6. The molecule has 0 aromatic heterocycles. The van der Waals surface area contributed by atoms with Crippen molar-refractivity contribution >= 4 is 11.9 Å². The molecule has 0 saturated heterocycles. The number of benzene rings is 1. The Bertz CT molecular complexity index is 410. The number of allylic oxidation sites excluding steroid dienone is 2. The molecule has 4 heteroatoms. The van der Waals surface area contributed by atoms with Crippen molar-refractivity contribution in [1.29, 1.82) is 5.41 Å².